The molecule has 0 radical (unpaired) electrons. The van der Waals surface area contributed by atoms with Gasteiger partial charge >= 0.3 is 0 Å². The fraction of sp³-hybridized carbons (Fsp3) is 1.00. The van der Waals surface area contributed by atoms with Gasteiger partial charge in [0.2, 0.25) is 0 Å². The Kier molecular flexibility index (Phi) is 5.13. The maximum atomic E-state index is 9.38. The first-order chi connectivity index (χ1) is 4.95. The molecular formula is C8H19NOS. The molecule has 1 unspecified atom stereocenters. The highest BCUT2D eigenvalue weighted by Crippen LogP contribution is 2.18. The van der Waals surface area contributed by atoms with Gasteiger partial charge in [-0.1, -0.05) is 6.92 Å². The zero-order valence-corrected chi connectivity index (χ0v) is 8.45. The van der Waals surface area contributed by atoms with Crippen molar-refractivity contribution in [1.82, 2.24) is 0 Å². The zero-order chi connectivity index (χ0) is 8.91. The minimum absolute atomic E-state index is 0.548. The predicted molar refractivity (Wildman–Crippen MR) is 51.9 cm³/mol. The molecule has 0 spiro atoms. The van der Waals surface area contributed by atoms with E-state index in [2.05, 4.69) is 6.92 Å². The van der Waals surface area contributed by atoms with E-state index >= 15 is 0 Å². The van der Waals surface area contributed by atoms with Crippen LogP contribution in [-0.2, 0) is 0 Å². The van der Waals surface area contributed by atoms with E-state index in [1.807, 2.05) is 13.8 Å². The number of rotatable bonds is 5. The van der Waals surface area contributed by atoms with Crippen molar-refractivity contribution in [2.45, 2.75) is 38.0 Å². The Morgan fingerprint density at radius 1 is 1.55 bits per heavy atom. The van der Waals surface area contributed by atoms with E-state index in [1.54, 1.807) is 11.8 Å². The van der Waals surface area contributed by atoms with Gasteiger partial charge in [0.25, 0.3) is 0 Å². The number of hydrogen-bond acceptors (Lipinski definition) is 3. The van der Waals surface area contributed by atoms with Crippen LogP contribution >= 0.6 is 11.8 Å². The lowest BCUT2D eigenvalue weighted by atomic mass is 10.2. The second kappa shape index (κ2) is 5.01. The van der Waals surface area contributed by atoms with Crippen LogP contribution in [0.1, 0.15) is 27.2 Å². The number of thioether (sulfide) groups is 1. The molecule has 0 aliphatic heterocycles. The highest BCUT2D eigenvalue weighted by atomic mass is 32.2. The summed E-state index contributed by atoms with van der Waals surface area (Å²) in [6.07, 6.45) is 1.03. The van der Waals surface area contributed by atoms with Gasteiger partial charge in [0.15, 0.2) is 0 Å². The molecule has 68 valence electrons. The van der Waals surface area contributed by atoms with Crippen LogP contribution in [0.25, 0.3) is 0 Å². The minimum atomic E-state index is -0.548. The molecule has 0 aromatic carbocycles. The standard InChI is InChI=1S/C8H19NOS/c1-7(4-5-9)11-6-8(2,3)10/h7,10H,4-6,9H2,1-3H3. The van der Waals surface area contributed by atoms with Crippen molar-refractivity contribution in [3.05, 3.63) is 0 Å². The minimum Gasteiger partial charge on any atom is -0.390 e. The highest BCUT2D eigenvalue weighted by molar-refractivity contribution is 7.99. The van der Waals surface area contributed by atoms with Gasteiger partial charge in [-0.25, -0.2) is 0 Å². The summed E-state index contributed by atoms with van der Waals surface area (Å²) in [6.45, 7) is 6.54. The average molecular weight is 177 g/mol. The van der Waals surface area contributed by atoms with E-state index in [-0.39, 0.29) is 0 Å². The first kappa shape index (κ1) is 11.3. The largest absolute Gasteiger partial charge is 0.390 e. The lowest BCUT2D eigenvalue weighted by molar-refractivity contribution is 0.107. The van der Waals surface area contributed by atoms with Crippen LogP contribution in [0.15, 0.2) is 0 Å². The molecule has 2 nitrogen and oxygen atoms in total. The van der Waals surface area contributed by atoms with Crippen molar-refractivity contribution in [3.8, 4) is 0 Å². The van der Waals surface area contributed by atoms with Crippen LogP contribution in [0.2, 0.25) is 0 Å². The average Bonchev–Trinajstić information content (AvgIpc) is 1.83. The van der Waals surface area contributed by atoms with Crippen LogP contribution in [0, 0.1) is 0 Å². The monoisotopic (exact) mass is 177 g/mol. The van der Waals surface area contributed by atoms with Crippen LogP contribution < -0.4 is 5.73 Å². The van der Waals surface area contributed by atoms with Gasteiger partial charge in [-0.2, -0.15) is 11.8 Å². The van der Waals surface area contributed by atoms with E-state index in [4.69, 9.17) is 5.73 Å². The molecule has 0 rings (SSSR count). The number of nitrogens with two attached hydrogens (primary N) is 1. The molecule has 0 aromatic heterocycles. The molecule has 0 fully saturated rings. The number of aliphatic hydroxyl groups is 1. The lowest BCUT2D eigenvalue weighted by Crippen LogP contribution is -2.23. The lowest BCUT2D eigenvalue weighted by Gasteiger charge is -2.19. The Morgan fingerprint density at radius 3 is 2.45 bits per heavy atom. The van der Waals surface area contributed by atoms with E-state index < -0.39 is 5.60 Å². The molecule has 1 atom stereocenters. The fourth-order valence-electron chi connectivity index (χ4n) is 0.664. The van der Waals surface area contributed by atoms with Crippen molar-refractivity contribution in [3.63, 3.8) is 0 Å². The second-order valence-electron chi connectivity index (χ2n) is 3.51. The van der Waals surface area contributed by atoms with Gasteiger partial charge in [-0.05, 0) is 26.8 Å². The molecule has 0 amide bonds. The summed E-state index contributed by atoms with van der Waals surface area (Å²) in [4.78, 5) is 0. The van der Waals surface area contributed by atoms with E-state index in [9.17, 15) is 5.11 Å². The van der Waals surface area contributed by atoms with Crippen LogP contribution in [-0.4, -0.2) is 28.3 Å². The van der Waals surface area contributed by atoms with E-state index in [0.717, 1.165) is 18.7 Å². The van der Waals surface area contributed by atoms with Crippen molar-refractivity contribution >= 4 is 11.8 Å². The Bertz CT molecular complexity index is 101. The molecule has 0 aromatic rings. The van der Waals surface area contributed by atoms with E-state index in [1.165, 1.54) is 0 Å². The molecule has 0 aliphatic carbocycles. The van der Waals surface area contributed by atoms with Gasteiger partial charge in [-0.3, -0.25) is 0 Å². The van der Waals surface area contributed by atoms with Crippen molar-refractivity contribution in [1.29, 1.82) is 0 Å². The topological polar surface area (TPSA) is 46.2 Å². The first-order valence-corrected chi connectivity index (χ1v) is 5.04. The van der Waals surface area contributed by atoms with Gasteiger partial charge in [-0.15, -0.1) is 0 Å². The van der Waals surface area contributed by atoms with Crippen molar-refractivity contribution in [2.24, 2.45) is 5.73 Å². The molecule has 0 heterocycles. The molecule has 0 saturated carbocycles. The Morgan fingerprint density at radius 2 is 2.09 bits per heavy atom. The van der Waals surface area contributed by atoms with Gasteiger partial charge < -0.3 is 10.8 Å². The highest BCUT2D eigenvalue weighted by Gasteiger charge is 2.14. The van der Waals surface area contributed by atoms with Crippen LogP contribution in [0.4, 0.5) is 0 Å². The third-order valence-electron chi connectivity index (χ3n) is 1.29. The van der Waals surface area contributed by atoms with Crippen LogP contribution in [0.5, 0.6) is 0 Å². The third-order valence-corrected chi connectivity index (χ3v) is 2.97. The van der Waals surface area contributed by atoms with Crippen LogP contribution in [0.3, 0.4) is 0 Å². The summed E-state index contributed by atoms with van der Waals surface area (Å²) in [7, 11) is 0. The maximum absolute atomic E-state index is 9.38. The molecule has 3 heteroatoms. The fourth-order valence-corrected chi connectivity index (χ4v) is 1.66. The second-order valence-corrected chi connectivity index (χ2v) is 4.94. The Labute approximate surface area is 73.6 Å². The quantitative estimate of drug-likeness (QED) is 0.664. The predicted octanol–water partition coefficient (Wildman–Crippen LogP) is 1.23. The van der Waals surface area contributed by atoms with Crippen molar-refractivity contribution < 1.29 is 5.11 Å². The zero-order valence-electron chi connectivity index (χ0n) is 7.63. The molecule has 0 aliphatic rings. The van der Waals surface area contributed by atoms with Crippen molar-refractivity contribution in [2.75, 3.05) is 12.3 Å². The van der Waals surface area contributed by atoms with Gasteiger partial charge in [0, 0.05) is 11.0 Å². The summed E-state index contributed by atoms with van der Waals surface area (Å²) < 4.78 is 0. The smallest absolute Gasteiger partial charge is 0.0681 e. The Balaban J connectivity index is 3.38. The number of hydrogen-bond donors (Lipinski definition) is 2. The molecule has 0 bridgehead atoms. The third kappa shape index (κ3) is 8.17. The molecular weight excluding hydrogens is 158 g/mol. The molecule has 11 heavy (non-hydrogen) atoms. The first-order valence-electron chi connectivity index (χ1n) is 4.00. The maximum Gasteiger partial charge on any atom is 0.0681 e. The summed E-state index contributed by atoms with van der Waals surface area (Å²) in [5.41, 5.74) is 4.84. The summed E-state index contributed by atoms with van der Waals surface area (Å²) in [5.74, 6) is 0.786. The van der Waals surface area contributed by atoms with E-state index in [0.29, 0.717) is 5.25 Å². The normalized spacial score (nSPS) is 15.0. The van der Waals surface area contributed by atoms with Gasteiger partial charge in [0.1, 0.15) is 0 Å². The summed E-state index contributed by atoms with van der Waals surface area (Å²) >= 11 is 1.78. The Hall–Kier alpha value is 0.270. The summed E-state index contributed by atoms with van der Waals surface area (Å²) in [5, 5.41) is 9.94. The summed E-state index contributed by atoms with van der Waals surface area (Å²) in [6, 6.07) is 0. The molecule has 3 N–H and O–H groups in total. The molecule has 0 saturated heterocycles. The van der Waals surface area contributed by atoms with Gasteiger partial charge in [0.05, 0.1) is 5.60 Å². The SMILES string of the molecule is CC(CCN)SCC(C)(C)O.